The second-order valence-electron chi connectivity index (χ2n) is 7.34. The largest absolute Gasteiger partial charge is 0.491 e. The Morgan fingerprint density at radius 3 is 2.70 bits per heavy atom. The van der Waals surface area contributed by atoms with Crippen LogP contribution in [0.25, 0.3) is 11.1 Å². The number of benzene rings is 1. The standard InChI is InChI=1S/C24H28N2O4/c1-3-18(2)23-14-19-15-25-17-26(19)16-24(23)30-22-6-4-20(5-7-22)28-12-13-29-21-8-10-27-11-9-21/h4-7,14-17,21H,2-3,8-13H2,1H3. The molecule has 0 bridgehead atoms. The predicted molar refractivity (Wildman–Crippen MR) is 116 cm³/mol. The van der Waals surface area contributed by atoms with E-state index in [1.165, 1.54) is 0 Å². The Balaban J connectivity index is 1.35. The number of nitrogens with zero attached hydrogens (tertiary/aromatic N) is 2. The van der Waals surface area contributed by atoms with Gasteiger partial charge in [0.05, 0.1) is 36.9 Å². The van der Waals surface area contributed by atoms with E-state index in [1.54, 1.807) is 6.33 Å². The SMILES string of the molecule is C=C(CC)c1cc2cncn2cc1Oc1ccc(OCCOC2CCOCC2)cc1. The lowest BCUT2D eigenvalue weighted by Gasteiger charge is -2.22. The van der Waals surface area contributed by atoms with E-state index in [4.69, 9.17) is 18.9 Å². The van der Waals surface area contributed by atoms with E-state index in [-0.39, 0.29) is 6.10 Å². The summed E-state index contributed by atoms with van der Waals surface area (Å²) in [6.45, 7) is 8.94. The number of ether oxygens (including phenoxy) is 4. The molecule has 0 N–H and O–H groups in total. The molecular formula is C24H28N2O4. The summed E-state index contributed by atoms with van der Waals surface area (Å²) in [5, 5.41) is 0. The van der Waals surface area contributed by atoms with Crippen LogP contribution >= 0.6 is 0 Å². The predicted octanol–water partition coefficient (Wildman–Crippen LogP) is 5.12. The topological polar surface area (TPSA) is 54.2 Å². The number of rotatable bonds is 9. The zero-order valence-corrected chi connectivity index (χ0v) is 17.4. The molecular weight excluding hydrogens is 380 g/mol. The molecule has 0 aliphatic carbocycles. The summed E-state index contributed by atoms with van der Waals surface area (Å²) in [6.07, 6.45) is 8.60. The van der Waals surface area contributed by atoms with Gasteiger partial charge in [-0.25, -0.2) is 4.98 Å². The lowest BCUT2D eigenvalue weighted by Crippen LogP contribution is -2.25. The lowest BCUT2D eigenvalue weighted by atomic mass is 10.1. The highest BCUT2D eigenvalue weighted by Gasteiger charge is 2.14. The Kier molecular flexibility index (Phi) is 6.67. The molecule has 158 valence electrons. The van der Waals surface area contributed by atoms with Crippen LogP contribution in [-0.2, 0) is 9.47 Å². The first-order valence-corrected chi connectivity index (χ1v) is 10.5. The van der Waals surface area contributed by atoms with E-state index in [1.807, 2.05) is 41.1 Å². The summed E-state index contributed by atoms with van der Waals surface area (Å²) in [7, 11) is 0. The minimum absolute atomic E-state index is 0.290. The van der Waals surface area contributed by atoms with Gasteiger partial charge in [-0.3, -0.25) is 0 Å². The van der Waals surface area contributed by atoms with Gasteiger partial charge in [-0.15, -0.1) is 0 Å². The molecule has 0 unspecified atom stereocenters. The first-order valence-electron chi connectivity index (χ1n) is 10.5. The zero-order chi connectivity index (χ0) is 20.8. The summed E-state index contributed by atoms with van der Waals surface area (Å²) in [4.78, 5) is 4.20. The number of hydrogen-bond acceptors (Lipinski definition) is 5. The van der Waals surface area contributed by atoms with Crippen molar-refractivity contribution in [2.45, 2.75) is 32.3 Å². The minimum atomic E-state index is 0.290. The molecule has 6 heteroatoms. The van der Waals surface area contributed by atoms with Crippen LogP contribution in [0, 0.1) is 0 Å². The third-order valence-corrected chi connectivity index (χ3v) is 5.24. The normalized spacial score (nSPS) is 14.7. The molecule has 0 saturated carbocycles. The van der Waals surface area contributed by atoms with Crippen LogP contribution in [-0.4, -0.2) is 41.9 Å². The van der Waals surface area contributed by atoms with Crippen LogP contribution in [0.1, 0.15) is 31.7 Å². The van der Waals surface area contributed by atoms with Gasteiger partial charge in [-0.1, -0.05) is 13.5 Å². The molecule has 0 spiro atoms. The molecule has 30 heavy (non-hydrogen) atoms. The van der Waals surface area contributed by atoms with Gasteiger partial charge < -0.3 is 23.3 Å². The zero-order valence-electron chi connectivity index (χ0n) is 17.4. The van der Waals surface area contributed by atoms with E-state index >= 15 is 0 Å². The molecule has 1 saturated heterocycles. The number of hydrogen-bond donors (Lipinski definition) is 0. The fourth-order valence-corrected chi connectivity index (χ4v) is 3.45. The maximum atomic E-state index is 6.17. The van der Waals surface area contributed by atoms with Gasteiger partial charge >= 0.3 is 0 Å². The van der Waals surface area contributed by atoms with E-state index in [0.717, 1.165) is 66.4 Å². The third kappa shape index (κ3) is 5.01. The Morgan fingerprint density at radius 1 is 1.17 bits per heavy atom. The quantitative estimate of drug-likeness (QED) is 0.460. The highest BCUT2D eigenvalue weighted by molar-refractivity contribution is 5.72. The number of allylic oxidation sites excluding steroid dienone is 1. The molecule has 2 aromatic heterocycles. The minimum Gasteiger partial charge on any atom is -0.491 e. The molecule has 0 atom stereocenters. The third-order valence-electron chi connectivity index (χ3n) is 5.24. The Labute approximate surface area is 177 Å². The van der Waals surface area contributed by atoms with Crippen LogP contribution in [0.4, 0.5) is 0 Å². The molecule has 0 radical (unpaired) electrons. The van der Waals surface area contributed by atoms with Crippen LogP contribution in [0.2, 0.25) is 0 Å². The lowest BCUT2D eigenvalue weighted by molar-refractivity contribution is -0.0388. The summed E-state index contributed by atoms with van der Waals surface area (Å²) in [5.41, 5.74) is 3.04. The molecule has 1 aliphatic rings. The summed E-state index contributed by atoms with van der Waals surface area (Å²) < 4.78 is 25.1. The van der Waals surface area contributed by atoms with Crippen LogP contribution in [0.15, 0.2) is 55.6 Å². The molecule has 3 aromatic rings. The maximum Gasteiger partial charge on any atom is 0.151 e. The van der Waals surface area contributed by atoms with Gasteiger partial charge in [0.15, 0.2) is 5.75 Å². The fourth-order valence-electron chi connectivity index (χ4n) is 3.45. The summed E-state index contributed by atoms with van der Waals surface area (Å²) in [5.74, 6) is 2.29. The number of aromatic nitrogens is 2. The van der Waals surface area contributed by atoms with Crippen molar-refractivity contribution in [3.8, 4) is 17.2 Å². The Morgan fingerprint density at radius 2 is 1.93 bits per heavy atom. The van der Waals surface area contributed by atoms with Crippen LogP contribution in [0.5, 0.6) is 17.2 Å². The van der Waals surface area contributed by atoms with Gasteiger partial charge in [-0.05, 0) is 55.2 Å². The van der Waals surface area contributed by atoms with Gasteiger partial charge in [0.1, 0.15) is 18.1 Å². The van der Waals surface area contributed by atoms with Crippen molar-refractivity contribution in [1.29, 1.82) is 0 Å². The van der Waals surface area contributed by atoms with Crippen molar-refractivity contribution in [2.24, 2.45) is 0 Å². The molecule has 3 heterocycles. The van der Waals surface area contributed by atoms with E-state index in [2.05, 4.69) is 24.6 Å². The summed E-state index contributed by atoms with van der Waals surface area (Å²) >= 11 is 0. The van der Waals surface area contributed by atoms with Crippen molar-refractivity contribution in [1.82, 2.24) is 9.38 Å². The van der Waals surface area contributed by atoms with E-state index in [9.17, 15) is 0 Å². The fraction of sp³-hybridized carbons (Fsp3) is 0.375. The van der Waals surface area contributed by atoms with Crippen molar-refractivity contribution in [2.75, 3.05) is 26.4 Å². The maximum absolute atomic E-state index is 6.17. The van der Waals surface area contributed by atoms with Crippen molar-refractivity contribution < 1.29 is 18.9 Å². The highest BCUT2D eigenvalue weighted by Crippen LogP contribution is 2.32. The van der Waals surface area contributed by atoms with E-state index in [0.29, 0.717) is 13.2 Å². The molecule has 0 amide bonds. The molecule has 1 fully saturated rings. The van der Waals surface area contributed by atoms with Crippen LogP contribution < -0.4 is 9.47 Å². The van der Waals surface area contributed by atoms with Gasteiger partial charge in [0, 0.05) is 18.8 Å². The second-order valence-corrected chi connectivity index (χ2v) is 7.34. The van der Waals surface area contributed by atoms with E-state index < -0.39 is 0 Å². The second kappa shape index (κ2) is 9.78. The number of fused-ring (bicyclic) bond motifs is 1. The highest BCUT2D eigenvalue weighted by atomic mass is 16.5. The van der Waals surface area contributed by atoms with Gasteiger partial charge in [-0.2, -0.15) is 0 Å². The molecule has 4 rings (SSSR count). The first kappa shape index (κ1) is 20.4. The smallest absolute Gasteiger partial charge is 0.151 e. The average molecular weight is 408 g/mol. The molecule has 1 aliphatic heterocycles. The Hall–Kier alpha value is -2.83. The molecule has 6 nitrogen and oxygen atoms in total. The Bertz CT molecular complexity index is 975. The first-order chi connectivity index (χ1) is 14.7. The van der Waals surface area contributed by atoms with Crippen molar-refractivity contribution >= 4 is 11.1 Å². The summed E-state index contributed by atoms with van der Waals surface area (Å²) in [6, 6.07) is 9.70. The number of imidazole rings is 1. The van der Waals surface area contributed by atoms with Crippen LogP contribution in [0.3, 0.4) is 0 Å². The number of pyridine rings is 1. The molecule has 1 aromatic carbocycles. The van der Waals surface area contributed by atoms with Gasteiger partial charge in [0.25, 0.3) is 0 Å². The van der Waals surface area contributed by atoms with Crippen molar-refractivity contribution in [3.63, 3.8) is 0 Å². The van der Waals surface area contributed by atoms with Gasteiger partial charge in [0.2, 0.25) is 0 Å². The average Bonchev–Trinajstić information content (AvgIpc) is 3.25. The van der Waals surface area contributed by atoms with Crippen molar-refractivity contribution in [3.05, 3.63) is 61.2 Å². The monoisotopic (exact) mass is 408 g/mol.